The van der Waals surface area contributed by atoms with Crippen LogP contribution in [0.5, 0.6) is 0 Å². The summed E-state index contributed by atoms with van der Waals surface area (Å²) in [5, 5.41) is 0. The minimum atomic E-state index is -1.75. The largest absolute Gasteiger partial charge is 0.399 e. The topological polar surface area (TPSA) is 52.3 Å². The molecule has 0 aliphatic rings. The third-order valence-electron chi connectivity index (χ3n) is 1.72. The van der Waals surface area contributed by atoms with Crippen molar-refractivity contribution >= 4 is 16.5 Å². The van der Waals surface area contributed by atoms with E-state index in [1.165, 1.54) is 7.11 Å². The van der Waals surface area contributed by atoms with Crippen LogP contribution in [0.1, 0.15) is 0 Å². The highest BCUT2D eigenvalue weighted by molar-refractivity contribution is 7.85. The van der Waals surface area contributed by atoms with Gasteiger partial charge in [-0.05, 0) is 12.1 Å². The SMILES string of the molecule is COCCS(=O)c1c(F)cc(N)cc1F. The maximum atomic E-state index is 13.2. The number of nitrogens with two attached hydrogens (primary N) is 1. The molecule has 1 rings (SSSR count). The highest BCUT2D eigenvalue weighted by Gasteiger charge is 2.16. The Morgan fingerprint density at radius 2 is 1.93 bits per heavy atom. The average molecular weight is 235 g/mol. The first-order valence-electron chi connectivity index (χ1n) is 4.18. The second kappa shape index (κ2) is 5.18. The van der Waals surface area contributed by atoms with E-state index in [2.05, 4.69) is 4.74 Å². The number of ether oxygens (including phenoxy) is 1. The number of rotatable bonds is 4. The van der Waals surface area contributed by atoms with Gasteiger partial charge in [-0.2, -0.15) is 0 Å². The first-order chi connectivity index (χ1) is 7.06. The van der Waals surface area contributed by atoms with Crippen molar-refractivity contribution in [1.82, 2.24) is 0 Å². The molecule has 3 nitrogen and oxygen atoms in total. The maximum absolute atomic E-state index is 13.2. The molecule has 6 heteroatoms. The molecule has 15 heavy (non-hydrogen) atoms. The Kier molecular flexibility index (Phi) is 4.16. The van der Waals surface area contributed by atoms with E-state index in [0.29, 0.717) is 0 Å². The number of hydrogen-bond acceptors (Lipinski definition) is 3. The fourth-order valence-corrected chi connectivity index (χ4v) is 2.13. The smallest absolute Gasteiger partial charge is 0.144 e. The van der Waals surface area contributed by atoms with E-state index in [1.54, 1.807) is 0 Å². The lowest BCUT2D eigenvalue weighted by molar-refractivity contribution is 0.218. The molecule has 1 aromatic carbocycles. The third-order valence-corrected chi connectivity index (χ3v) is 3.10. The minimum Gasteiger partial charge on any atom is -0.399 e. The van der Waals surface area contributed by atoms with Gasteiger partial charge in [0.25, 0.3) is 0 Å². The number of hydrogen-bond donors (Lipinski definition) is 1. The van der Waals surface area contributed by atoms with Gasteiger partial charge in [0.1, 0.15) is 16.5 Å². The molecule has 0 radical (unpaired) electrons. The molecule has 0 aromatic heterocycles. The number of benzene rings is 1. The van der Waals surface area contributed by atoms with Gasteiger partial charge < -0.3 is 10.5 Å². The number of methoxy groups -OCH3 is 1. The van der Waals surface area contributed by atoms with Gasteiger partial charge in [0.15, 0.2) is 0 Å². The van der Waals surface area contributed by atoms with Gasteiger partial charge in [0.2, 0.25) is 0 Å². The summed E-state index contributed by atoms with van der Waals surface area (Å²) in [7, 11) is -0.322. The maximum Gasteiger partial charge on any atom is 0.144 e. The molecule has 0 aliphatic heterocycles. The standard InChI is InChI=1S/C9H11F2NO2S/c1-14-2-3-15(13)9-7(10)4-6(12)5-8(9)11/h4-5H,2-3,12H2,1H3. The zero-order valence-corrected chi connectivity index (χ0v) is 8.94. The molecule has 0 saturated carbocycles. The highest BCUT2D eigenvalue weighted by atomic mass is 32.2. The van der Waals surface area contributed by atoms with Gasteiger partial charge in [0, 0.05) is 12.8 Å². The van der Waals surface area contributed by atoms with E-state index in [1.807, 2.05) is 0 Å². The fraction of sp³-hybridized carbons (Fsp3) is 0.333. The zero-order chi connectivity index (χ0) is 11.4. The summed E-state index contributed by atoms with van der Waals surface area (Å²) in [6.07, 6.45) is 0. The molecule has 0 heterocycles. The summed E-state index contributed by atoms with van der Waals surface area (Å²) in [6, 6.07) is 1.90. The molecule has 2 N–H and O–H groups in total. The van der Waals surface area contributed by atoms with Crippen molar-refractivity contribution in [1.29, 1.82) is 0 Å². The monoisotopic (exact) mass is 235 g/mol. The van der Waals surface area contributed by atoms with E-state index in [-0.39, 0.29) is 18.0 Å². The van der Waals surface area contributed by atoms with E-state index >= 15 is 0 Å². The molecule has 0 aliphatic carbocycles. The van der Waals surface area contributed by atoms with Crippen molar-refractivity contribution in [2.45, 2.75) is 4.90 Å². The van der Waals surface area contributed by atoms with Crippen LogP contribution in [-0.4, -0.2) is 23.7 Å². The summed E-state index contributed by atoms with van der Waals surface area (Å²) in [5.41, 5.74) is 5.19. The van der Waals surface area contributed by atoms with Gasteiger partial charge in [-0.25, -0.2) is 8.78 Å². The normalized spacial score (nSPS) is 12.7. The molecule has 0 bridgehead atoms. The van der Waals surface area contributed by atoms with Crippen LogP contribution in [0.2, 0.25) is 0 Å². The summed E-state index contributed by atoms with van der Waals surface area (Å²) in [5.74, 6) is -1.72. The Labute approximate surface area is 88.7 Å². The van der Waals surface area contributed by atoms with Gasteiger partial charge in [0.05, 0.1) is 23.2 Å². The minimum absolute atomic E-state index is 0.0301. The second-order valence-electron chi connectivity index (χ2n) is 2.86. The Hall–Kier alpha value is -1.01. The van der Waals surface area contributed by atoms with Crippen molar-refractivity contribution in [3.8, 4) is 0 Å². The second-order valence-corrected chi connectivity index (χ2v) is 4.36. The number of nitrogen functional groups attached to an aromatic ring is 1. The van der Waals surface area contributed by atoms with Crippen LogP contribution in [-0.2, 0) is 15.5 Å². The quantitative estimate of drug-likeness (QED) is 0.800. The lowest BCUT2D eigenvalue weighted by Crippen LogP contribution is -2.08. The predicted octanol–water partition coefficient (Wildman–Crippen LogP) is 1.30. The summed E-state index contributed by atoms with van der Waals surface area (Å²) in [4.78, 5) is -0.443. The van der Waals surface area contributed by atoms with Crippen LogP contribution in [0.3, 0.4) is 0 Å². The van der Waals surface area contributed by atoms with Crippen molar-refractivity contribution in [3.05, 3.63) is 23.8 Å². The Morgan fingerprint density at radius 3 is 2.40 bits per heavy atom. The zero-order valence-electron chi connectivity index (χ0n) is 8.13. The number of halogens is 2. The highest BCUT2D eigenvalue weighted by Crippen LogP contribution is 2.20. The van der Waals surface area contributed by atoms with Gasteiger partial charge >= 0.3 is 0 Å². The first kappa shape index (κ1) is 12.1. The van der Waals surface area contributed by atoms with Crippen molar-refractivity contribution in [2.24, 2.45) is 0 Å². The summed E-state index contributed by atoms with van der Waals surface area (Å²) >= 11 is 0. The molecule has 0 amide bonds. The van der Waals surface area contributed by atoms with Crippen LogP contribution in [0, 0.1) is 11.6 Å². The predicted molar refractivity (Wildman–Crippen MR) is 53.9 cm³/mol. The average Bonchev–Trinajstić information content (AvgIpc) is 2.12. The lowest BCUT2D eigenvalue weighted by atomic mass is 10.3. The molecule has 84 valence electrons. The van der Waals surface area contributed by atoms with E-state index in [0.717, 1.165) is 12.1 Å². The van der Waals surface area contributed by atoms with Crippen molar-refractivity contribution < 1.29 is 17.7 Å². The Bertz CT molecular complexity index is 361. The summed E-state index contributed by atoms with van der Waals surface area (Å²) < 4.78 is 42.6. The molecule has 0 spiro atoms. The van der Waals surface area contributed by atoms with Crippen molar-refractivity contribution in [2.75, 3.05) is 25.2 Å². The number of anilines is 1. The molecule has 0 fully saturated rings. The Balaban J connectivity index is 2.98. The molecule has 0 saturated heterocycles. The molecule has 1 atom stereocenters. The third kappa shape index (κ3) is 2.97. The van der Waals surface area contributed by atoms with Crippen LogP contribution in [0.15, 0.2) is 17.0 Å². The van der Waals surface area contributed by atoms with Crippen LogP contribution in [0.25, 0.3) is 0 Å². The van der Waals surface area contributed by atoms with Crippen LogP contribution < -0.4 is 5.73 Å². The van der Waals surface area contributed by atoms with E-state index < -0.39 is 27.3 Å². The van der Waals surface area contributed by atoms with E-state index in [9.17, 15) is 13.0 Å². The Morgan fingerprint density at radius 1 is 1.40 bits per heavy atom. The van der Waals surface area contributed by atoms with Gasteiger partial charge in [-0.1, -0.05) is 0 Å². The summed E-state index contributed by atoms with van der Waals surface area (Å²) in [6.45, 7) is 0.176. The van der Waals surface area contributed by atoms with Crippen LogP contribution in [0.4, 0.5) is 14.5 Å². The van der Waals surface area contributed by atoms with Crippen molar-refractivity contribution in [3.63, 3.8) is 0 Å². The molecular formula is C9H11F2NO2S. The van der Waals surface area contributed by atoms with Gasteiger partial charge in [-0.15, -0.1) is 0 Å². The van der Waals surface area contributed by atoms with Gasteiger partial charge in [-0.3, -0.25) is 4.21 Å². The first-order valence-corrected chi connectivity index (χ1v) is 5.50. The molecule has 1 aromatic rings. The van der Waals surface area contributed by atoms with E-state index in [4.69, 9.17) is 5.73 Å². The fourth-order valence-electron chi connectivity index (χ4n) is 1.06. The molecular weight excluding hydrogens is 224 g/mol. The molecule has 1 unspecified atom stereocenters. The van der Waals surface area contributed by atoms with Crippen LogP contribution >= 0.6 is 0 Å². The lowest BCUT2D eigenvalue weighted by Gasteiger charge is -2.05.